The molecular weight excluding hydrogens is 362 g/mol. The molecule has 1 heteroatoms. The molecule has 3 rings (SSSR count). The second-order valence-corrected chi connectivity index (χ2v) is 9.73. The maximum absolute atomic E-state index is 8.57. The van der Waals surface area contributed by atoms with Gasteiger partial charge in [-0.1, -0.05) is 55.8 Å². The van der Waals surface area contributed by atoms with E-state index < -0.39 is 0 Å². The van der Waals surface area contributed by atoms with E-state index >= 15 is 0 Å². The Labute approximate surface area is 185 Å². The number of nitrogens with zero attached hydrogens (tertiary/aromatic N) is 1. The molecule has 0 atom stereocenters. The lowest BCUT2D eigenvalue weighted by molar-refractivity contribution is 0.295. The average Bonchev–Trinajstić information content (AvgIpc) is 2.81. The monoisotopic (exact) mass is 403 g/mol. The minimum atomic E-state index is 0.778. The van der Waals surface area contributed by atoms with Crippen molar-refractivity contribution in [3.05, 3.63) is 59.7 Å². The Morgan fingerprint density at radius 1 is 0.900 bits per heavy atom. The van der Waals surface area contributed by atoms with Crippen LogP contribution < -0.4 is 0 Å². The highest BCUT2D eigenvalue weighted by atomic mass is 14.3. The quantitative estimate of drug-likeness (QED) is 0.299. The van der Waals surface area contributed by atoms with Crippen molar-refractivity contribution >= 4 is 0 Å². The fourth-order valence-electron chi connectivity index (χ4n) is 5.43. The second kappa shape index (κ2) is 12.8. The zero-order valence-electron chi connectivity index (χ0n) is 19.1. The molecule has 2 saturated carbocycles. The lowest BCUT2D eigenvalue weighted by Crippen LogP contribution is -2.14. The highest BCUT2D eigenvalue weighted by Crippen LogP contribution is 2.38. The number of unbranched alkanes of at least 4 members (excludes halogenated alkanes) is 1. The maximum atomic E-state index is 8.57. The van der Waals surface area contributed by atoms with E-state index in [1.807, 2.05) is 6.08 Å². The van der Waals surface area contributed by atoms with E-state index in [1.165, 1.54) is 82.6 Å². The molecule has 1 aromatic rings. The van der Waals surface area contributed by atoms with Crippen molar-refractivity contribution in [3.63, 3.8) is 0 Å². The zero-order chi connectivity index (χ0) is 21.0. The molecule has 2 aliphatic rings. The molecule has 0 amide bonds. The minimum Gasteiger partial charge on any atom is -0.193 e. The minimum absolute atomic E-state index is 0.778. The van der Waals surface area contributed by atoms with E-state index in [2.05, 4.69) is 49.4 Å². The highest BCUT2D eigenvalue weighted by molar-refractivity contribution is 5.26. The molecule has 0 heterocycles. The van der Waals surface area contributed by atoms with Crippen LogP contribution in [-0.2, 0) is 6.42 Å². The van der Waals surface area contributed by atoms with Crippen LogP contribution in [0.15, 0.2) is 48.6 Å². The Morgan fingerprint density at radius 2 is 1.53 bits per heavy atom. The summed E-state index contributed by atoms with van der Waals surface area (Å²) in [5.74, 6) is 3.27. The lowest BCUT2D eigenvalue weighted by atomic mass is 9.76. The van der Waals surface area contributed by atoms with Gasteiger partial charge < -0.3 is 0 Å². The van der Waals surface area contributed by atoms with Crippen LogP contribution in [0.1, 0.15) is 101 Å². The van der Waals surface area contributed by atoms with E-state index in [0.29, 0.717) is 0 Å². The molecule has 0 aromatic heterocycles. The summed E-state index contributed by atoms with van der Waals surface area (Å²) in [6.07, 6.45) is 25.9. The van der Waals surface area contributed by atoms with Gasteiger partial charge in [0, 0.05) is 6.08 Å². The number of allylic oxidation sites excluding steroid dienone is 4. The van der Waals surface area contributed by atoms with Gasteiger partial charge in [-0.3, -0.25) is 0 Å². The van der Waals surface area contributed by atoms with Gasteiger partial charge in [0.05, 0.1) is 6.07 Å². The van der Waals surface area contributed by atoms with Crippen LogP contribution in [0.2, 0.25) is 0 Å². The second-order valence-electron chi connectivity index (χ2n) is 9.73. The number of rotatable bonds is 9. The topological polar surface area (TPSA) is 23.8 Å². The first-order chi connectivity index (χ1) is 14.8. The van der Waals surface area contributed by atoms with Crippen molar-refractivity contribution in [2.75, 3.05) is 0 Å². The Kier molecular flexibility index (Phi) is 9.75. The van der Waals surface area contributed by atoms with E-state index in [4.69, 9.17) is 5.26 Å². The van der Waals surface area contributed by atoms with Gasteiger partial charge in [-0.25, -0.2) is 0 Å². The number of hydrogen-bond donors (Lipinski definition) is 0. The number of aryl methyl sites for hydroxylation is 1. The molecule has 0 aliphatic heterocycles. The summed E-state index contributed by atoms with van der Waals surface area (Å²) in [7, 11) is 0. The molecule has 0 N–H and O–H groups in total. The van der Waals surface area contributed by atoms with Crippen molar-refractivity contribution < 1.29 is 0 Å². The Morgan fingerprint density at radius 3 is 2.13 bits per heavy atom. The van der Waals surface area contributed by atoms with Crippen LogP contribution in [0.25, 0.3) is 0 Å². The summed E-state index contributed by atoms with van der Waals surface area (Å²) in [6.45, 7) is 2.27. The molecule has 1 nitrogen and oxygen atoms in total. The Hall–Kier alpha value is -1.81. The predicted octanol–water partition coefficient (Wildman–Crippen LogP) is 8.53. The van der Waals surface area contributed by atoms with Crippen molar-refractivity contribution in [2.24, 2.45) is 17.8 Å². The first kappa shape index (κ1) is 22.9. The van der Waals surface area contributed by atoms with Crippen molar-refractivity contribution in [1.29, 1.82) is 5.26 Å². The summed E-state index contributed by atoms with van der Waals surface area (Å²) in [5, 5.41) is 8.57. The van der Waals surface area contributed by atoms with Crippen LogP contribution in [0.5, 0.6) is 0 Å². The smallest absolute Gasteiger partial charge is 0.0908 e. The van der Waals surface area contributed by atoms with Crippen LogP contribution in [-0.4, -0.2) is 0 Å². The summed E-state index contributed by atoms with van der Waals surface area (Å²) in [6, 6.07) is 11.6. The van der Waals surface area contributed by atoms with Crippen LogP contribution in [0.3, 0.4) is 0 Å². The molecule has 2 fully saturated rings. The van der Waals surface area contributed by atoms with Crippen LogP contribution in [0, 0.1) is 29.1 Å². The van der Waals surface area contributed by atoms with E-state index in [1.54, 1.807) is 11.6 Å². The molecule has 0 spiro atoms. The standard InChI is InChI=1S/C29H41N/c1-2-3-7-24-15-19-28(20-16-24)29-21-17-27(18-22-29)14-13-26-11-9-25(10-12-26)8-5-4-6-23-30/h4,6,13-16,19-20,25-27,29H,2-3,5,7-12,17-18,21-22H2,1H3/b6-4?,14-13+. The lowest BCUT2D eigenvalue weighted by Gasteiger charge is -2.29. The molecule has 0 unspecified atom stereocenters. The Bertz CT molecular complexity index is 689. The third-order valence-electron chi connectivity index (χ3n) is 7.52. The van der Waals surface area contributed by atoms with Crippen LogP contribution in [0.4, 0.5) is 0 Å². The number of hydrogen-bond acceptors (Lipinski definition) is 1. The van der Waals surface area contributed by atoms with Gasteiger partial charge in [-0.15, -0.1) is 0 Å². The largest absolute Gasteiger partial charge is 0.193 e. The molecule has 30 heavy (non-hydrogen) atoms. The zero-order valence-corrected chi connectivity index (χ0v) is 19.1. The Balaban J connectivity index is 1.35. The molecule has 0 radical (unpaired) electrons. The van der Waals surface area contributed by atoms with E-state index in [9.17, 15) is 0 Å². The van der Waals surface area contributed by atoms with Gasteiger partial charge >= 0.3 is 0 Å². The SMILES string of the molecule is CCCCc1ccc(C2CCC(/C=C/C3CCC(CCC=CC#N)CC3)CC2)cc1. The summed E-state index contributed by atoms with van der Waals surface area (Å²) in [5.41, 5.74) is 3.08. The fourth-order valence-corrected chi connectivity index (χ4v) is 5.43. The number of nitriles is 1. The van der Waals surface area contributed by atoms with Crippen LogP contribution >= 0.6 is 0 Å². The maximum Gasteiger partial charge on any atom is 0.0908 e. The predicted molar refractivity (Wildman–Crippen MR) is 128 cm³/mol. The van der Waals surface area contributed by atoms with E-state index in [-0.39, 0.29) is 0 Å². The van der Waals surface area contributed by atoms with Gasteiger partial charge in [0.25, 0.3) is 0 Å². The van der Waals surface area contributed by atoms with Gasteiger partial charge in [0.2, 0.25) is 0 Å². The molecular formula is C29H41N. The van der Waals surface area contributed by atoms with Crippen molar-refractivity contribution in [2.45, 2.75) is 96.3 Å². The van der Waals surface area contributed by atoms with Crippen molar-refractivity contribution in [1.82, 2.24) is 0 Å². The molecule has 162 valence electrons. The van der Waals surface area contributed by atoms with Gasteiger partial charge in [-0.05, 0) is 112 Å². The third-order valence-corrected chi connectivity index (χ3v) is 7.52. The molecule has 2 aliphatic carbocycles. The fraction of sp³-hybridized carbons (Fsp3) is 0.621. The number of benzene rings is 1. The molecule has 0 bridgehead atoms. The summed E-state index contributed by atoms with van der Waals surface area (Å²) >= 11 is 0. The van der Waals surface area contributed by atoms with Gasteiger partial charge in [-0.2, -0.15) is 5.26 Å². The average molecular weight is 404 g/mol. The van der Waals surface area contributed by atoms with Gasteiger partial charge in [0.1, 0.15) is 0 Å². The normalized spacial score (nSPS) is 27.5. The summed E-state index contributed by atoms with van der Waals surface area (Å²) in [4.78, 5) is 0. The highest BCUT2D eigenvalue weighted by Gasteiger charge is 2.22. The van der Waals surface area contributed by atoms with Crippen molar-refractivity contribution in [3.8, 4) is 6.07 Å². The third kappa shape index (κ3) is 7.46. The molecule has 1 aromatic carbocycles. The first-order valence-electron chi connectivity index (χ1n) is 12.6. The first-order valence-corrected chi connectivity index (χ1v) is 12.6. The van der Waals surface area contributed by atoms with E-state index in [0.717, 1.165) is 30.1 Å². The van der Waals surface area contributed by atoms with Gasteiger partial charge in [0.15, 0.2) is 0 Å². The summed E-state index contributed by atoms with van der Waals surface area (Å²) < 4.78 is 0. The molecule has 0 saturated heterocycles.